The molecule has 0 saturated carbocycles. The van der Waals surface area contributed by atoms with Crippen molar-refractivity contribution in [2.24, 2.45) is 0 Å². The first-order chi connectivity index (χ1) is 8.79. The van der Waals surface area contributed by atoms with Crippen molar-refractivity contribution in [3.05, 3.63) is 59.5 Å². The van der Waals surface area contributed by atoms with Crippen LogP contribution in [0.2, 0.25) is 0 Å². The summed E-state index contributed by atoms with van der Waals surface area (Å²) in [6.07, 6.45) is 17.6. The van der Waals surface area contributed by atoms with E-state index in [-0.39, 0.29) is 0 Å². The van der Waals surface area contributed by atoms with E-state index in [9.17, 15) is 0 Å². The monoisotopic (exact) mass is 237 g/mol. The molecule has 0 N–H and O–H groups in total. The summed E-state index contributed by atoms with van der Waals surface area (Å²) in [7, 11) is 2.15. The second-order valence-electron chi connectivity index (χ2n) is 4.57. The van der Waals surface area contributed by atoms with Crippen LogP contribution < -0.4 is 0 Å². The van der Waals surface area contributed by atoms with E-state index in [0.29, 0.717) is 0 Å². The van der Waals surface area contributed by atoms with Crippen molar-refractivity contribution in [2.75, 3.05) is 7.05 Å². The highest BCUT2D eigenvalue weighted by atomic mass is 15.1. The summed E-state index contributed by atoms with van der Waals surface area (Å²) >= 11 is 0. The van der Waals surface area contributed by atoms with E-state index >= 15 is 0 Å². The fourth-order valence-corrected chi connectivity index (χ4v) is 2.16. The number of nitrogens with zero attached hydrogens (tertiary/aromatic N) is 1. The third-order valence-corrected chi connectivity index (χ3v) is 3.27. The number of allylic oxidation sites excluding steroid dienone is 8. The van der Waals surface area contributed by atoms with Crippen LogP contribution in [0.4, 0.5) is 0 Å². The molecule has 0 atom stereocenters. The van der Waals surface area contributed by atoms with Gasteiger partial charge >= 0.3 is 0 Å². The van der Waals surface area contributed by atoms with Crippen LogP contribution >= 0.6 is 0 Å². The minimum absolute atomic E-state index is 0.864. The Kier molecular flexibility index (Phi) is 4.25. The molecule has 0 fully saturated rings. The summed E-state index contributed by atoms with van der Waals surface area (Å²) in [5.74, 6) is 6.21. The molecule has 0 aromatic rings. The van der Waals surface area contributed by atoms with Crippen LogP contribution in [-0.2, 0) is 0 Å². The van der Waals surface area contributed by atoms with Crippen LogP contribution in [0.15, 0.2) is 59.5 Å². The molecule has 0 unspecified atom stereocenters. The van der Waals surface area contributed by atoms with Crippen LogP contribution in [0.5, 0.6) is 0 Å². The van der Waals surface area contributed by atoms with E-state index in [1.807, 2.05) is 6.08 Å². The van der Waals surface area contributed by atoms with Crippen molar-refractivity contribution in [1.82, 2.24) is 4.90 Å². The smallest absolute Gasteiger partial charge is 0.0320 e. The predicted octanol–water partition coefficient (Wildman–Crippen LogP) is 3.95. The predicted molar refractivity (Wildman–Crippen MR) is 77.6 cm³/mol. The van der Waals surface area contributed by atoms with Gasteiger partial charge in [-0.1, -0.05) is 42.2 Å². The Bertz CT molecular complexity index is 516. The lowest BCUT2D eigenvalue weighted by Gasteiger charge is -2.26. The van der Waals surface area contributed by atoms with Gasteiger partial charge in [-0.3, -0.25) is 0 Å². The normalized spacial score (nSPS) is 22.4. The van der Waals surface area contributed by atoms with Crippen molar-refractivity contribution in [3.63, 3.8) is 0 Å². The van der Waals surface area contributed by atoms with Gasteiger partial charge < -0.3 is 4.90 Å². The van der Waals surface area contributed by atoms with Crippen molar-refractivity contribution >= 4 is 0 Å². The summed E-state index contributed by atoms with van der Waals surface area (Å²) < 4.78 is 0. The lowest BCUT2D eigenvalue weighted by Crippen LogP contribution is -2.18. The fourth-order valence-electron chi connectivity index (χ4n) is 2.16. The Morgan fingerprint density at radius 1 is 1.11 bits per heavy atom. The van der Waals surface area contributed by atoms with E-state index < -0.39 is 0 Å². The Morgan fingerprint density at radius 2 is 2.00 bits per heavy atom. The van der Waals surface area contributed by atoms with Gasteiger partial charge in [0.1, 0.15) is 0 Å². The molecule has 0 bridgehead atoms. The molecule has 0 saturated heterocycles. The van der Waals surface area contributed by atoms with Gasteiger partial charge in [0.25, 0.3) is 0 Å². The Labute approximate surface area is 110 Å². The summed E-state index contributed by atoms with van der Waals surface area (Å²) in [6, 6.07) is 0. The molecule has 0 aromatic heterocycles. The molecular formula is C17H19N. The zero-order chi connectivity index (χ0) is 12.8. The highest BCUT2D eigenvalue weighted by Crippen LogP contribution is 2.23. The van der Waals surface area contributed by atoms with Crippen molar-refractivity contribution in [1.29, 1.82) is 0 Å². The molecule has 2 rings (SSSR count). The minimum atomic E-state index is 0.864. The van der Waals surface area contributed by atoms with E-state index in [1.54, 1.807) is 0 Å². The van der Waals surface area contributed by atoms with Gasteiger partial charge in [-0.15, -0.1) is 0 Å². The average Bonchev–Trinajstić information content (AvgIpc) is 2.62. The van der Waals surface area contributed by atoms with E-state index in [1.165, 1.54) is 17.0 Å². The molecule has 18 heavy (non-hydrogen) atoms. The molecule has 0 spiro atoms. The van der Waals surface area contributed by atoms with E-state index in [4.69, 9.17) is 0 Å². The second kappa shape index (κ2) is 6.12. The zero-order valence-corrected chi connectivity index (χ0v) is 11.1. The molecule has 0 heterocycles. The van der Waals surface area contributed by atoms with E-state index in [2.05, 4.69) is 67.2 Å². The van der Waals surface area contributed by atoms with Crippen molar-refractivity contribution in [3.8, 4) is 11.8 Å². The van der Waals surface area contributed by atoms with Gasteiger partial charge in [0.2, 0.25) is 0 Å². The maximum Gasteiger partial charge on any atom is 0.0320 e. The van der Waals surface area contributed by atoms with Gasteiger partial charge in [0.05, 0.1) is 0 Å². The van der Waals surface area contributed by atoms with E-state index in [0.717, 1.165) is 19.3 Å². The average molecular weight is 237 g/mol. The zero-order valence-electron chi connectivity index (χ0n) is 11.1. The number of hydrogen-bond acceptors (Lipinski definition) is 1. The standard InChI is InChI=1S/C17H19N/c1-15-11-7-3-6-10-14-17(15)18(2)16-12-8-4-5-9-13-16/h4-6,8-10,12H,11,13-14H2,1-2H3/b10-6?,17-15+. The van der Waals surface area contributed by atoms with Gasteiger partial charge in [-0.25, -0.2) is 0 Å². The lowest BCUT2D eigenvalue weighted by atomic mass is 10.1. The van der Waals surface area contributed by atoms with Gasteiger partial charge in [-0.05, 0) is 24.6 Å². The Hall–Kier alpha value is -1.94. The van der Waals surface area contributed by atoms with Crippen molar-refractivity contribution in [2.45, 2.75) is 26.2 Å². The first-order valence-electron chi connectivity index (χ1n) is 6.37. The molecule has 0 aliphatic heterocycles. The van der Waals surface area contributed by atoms with Crippen LogP contribution in [0.1, 0.15) is 26.2 Å². The third kappa shape index (κ3) is 3.05. The highest BCUT2D eigenvalue weighted by Gasteiger charge is 2.11. The molecule has 0 radical (unpaired) electrons. The summed E-state index contributed by atoms with van der Waals surface area (Å²) in [5, 5.41) is 0. The Balaban J connectivity index is 2.25. The van der Waals surface area contributed by atoms with Gasteiger partial charge in [0.15, 0.2) is 0 Å². The quantitative estimate of drug-likeness (QED) is 0.657. The molecule has 92 valence electrons. The second-order valence-corrected chi connectivity index (χ2v) is 4.57. The first kappa shape index (κ1) is 12.5. The lowest BCUT2D eigenvalue weighted by molar-refractivity contribution is 0.490. The molecule has 1 heteroatoms. The molecule has 2 aliphatic rings. The molecular weight excluding hydrogens is 218 g/mol. The largest absolute Gasteiger partial charge is 0.351 e. The van der Waals surface area contributed by atoms with Crippen LogP contribution in [0.25, 0.3) is 0 Å². The number of hydrogen-bond donors (Lipinski definition) is 0. The maximum atomic E-state index is 3.17. The minimum Gasteiger partial charge on any atom is -0.351 e. The molecule has 2 aliphatic carbocycles. The Morgan fingerprint density at radius 3 is 2.89 bits per heavy atom. The molecule has 0 amide bonds. The van der Waals surface area contributed by atoms with Gasteiger partial charge in [-0.2, -0.15) is 0 Å². The van der Waals surface area contributed by atoms with Crippen LogP contribution in [-0.4, -0.2) is 11.9 Å². The molecule has 1 nitrogen and oxygen atoms in total. The van der Waals surface area contributed by atoms with Gasteiger partial charge in [0, 0.05) is 37.7 Å². The van der Waals surface area contributed by atoms with Crippen molar-refractivity contribution < 1.29 is 0 Å². The maximum absolute atomic E-state index is 3.17. The van der Waals surface area contributed by atoms with Crippen LogP contribution in [0.3, 0.4) is 0 Å². The van der Waals surface area contributed by atoms with Crippen LogP contribution in [0, 0.1) is 11.8 Å². The number of rotatable bonds is 2. The summed E-state index contributed by atoms with van der Waals surface area (Å²) in [5.41, 5.74) is 4.07. The SMILES string of the molecule is C/C1=C(\N(C)C2=CC=CC=CC2)CC=CC#CC1. The third-order valence-electron chi connectivity index (χ3n) is 3.27. The highest BCUT2D eigenvalue weighted by molar-refractivity contribution is 5.31. The topological polar surface area (TPSA) is 3.24 Å². The molecule has 0 aromatic carbocycles. The summed E-state index contributed by atoms with van der Waals surface area (Å²) in [4.78, 5) is 2.31. The fraction of sp³-hybridized carbons (Fsp3) is 0.294. The summed E-state index contributed by atoms with van der Waals surface area (Å²) in [6.45, 7) is 2.18. The first-order valence-corrected chi connectivity index (χ1v) is 6.37.